The van der Waals surface area contributed by atoms with Crippen LogP contribution in [0.4, 0.5) is 4.79 Å². The molecule has 2 aliphatic rings. The Morgan fingerprint density at radius 3 is 2.84 bits per heavy atom. The highest BCUT2D eigenvalue weighted by molar-refractivity contribution is 7.91. The maximum absolute atomic E-state index is 12.5. The first kappa shape index (κ1) is 18.2. The predicted octanol–water partition coefficient (Wildman–Crippen LogP) is 0.860. The van der Waals surface area contributed by atoms with Crippen LogP contribution < -0.4 is 5.32 Å². The van der Waals surface area contributed by atoms with E-state index in [1.165, 1.54) is 12.8 Å². The molecule has 1 aromatic rings. The molecule has 1 aliphatic heterocycles. The van der Waals surface area contributed by atoms with Crippen LogP contribution in [0.2, 0.25) is 0 Å². The summed E-state index contributed by atoms with van der Waals surface area (Å²) in [5.41, 5.74) is 0.739. The monoisotopic (exact) mass is 370 g/mol. The zero-order chi connectivity index (χ0) is 17.9. The van der Waals surface area contributed by atoms with E-state index in [0.29, 0.717) is 19.3 Å². The van der Waals surface area contributed by atoms with Crippen LogP contribution in [-0.4, -0.2) is 66.4 Å². The SMILES string of the molecule is Cn1cc([C@@H]2CS(=O)(=O)CCN2C(=O)NCCOC2CCCC2)cn1. The van der Waals surface area contributed by atoms with Crippen LogP contribution in [-0.2, 0) is 21.6 Å². The number of urea groups is 1. The molecule has 1 aromatic heterocycles. The molecular weight excluding hydrogens is 344 g/mol. The van der Waals surface area contributed by atoms with Gasteiger partial charge < -0.3 is 15.0 Å². The highest BCUT2D eigenvalue weighted by atomic mass is 32.2. The van der Waals surface area contributed by atoms with Gasteiger partial charge in [0.05, 0.1) is 36.5 Å². The number of carbonyl (C=O) groups excluding carboxylic acids is 1. The Kier molecular flexibility index (Phi) is 5.63. The minimum absolute atomic E-state index is 0.00421. The number of rotatable bonds is 5. The van der Waals surface area contributed by atoms with Gasteiger partial charge in [-0.05, 0) is 12.8 Å². The molecular formula is C16H26N4O4S. The Morgan fingerprint density at radius 2 is 2.16 bits per heavy atom. The number of aryl methyl sites for hydroxylation is 1. The van der Waals surface area contributed by atoms with Crippen molar-refractivity contribution < 1.29 is 17.9 Å². The second kappa shape index (κ2) is 7.74. The standard InChI is InChI=1S/C16H26N4O4S/c1-19-11-13(10-18-19)15-12-25(22,23)9-7-20(15)16(21)17-6-8-24-14-4-2-3-5-14/h10-11,14-15H,2-9,12H2,1H3,(H,17,21)/t15-/m0/s1. The number of aromatic nitrogens is 2. The van der Waals surface area contributed by atoms with E-state index in [9.17, 15) is 13.2 Å². The third-order valence-corrected chi connectivity index (χ3v) is 6.46. The topological polar surface area (TPSA) is 93.5 Å². The molecule has 2 fully saturated rings. The minimum Gasteiger partial charge on any atom is -0.376 e. The average Bonchev–Trinajstić information content (AvgIpc) is 3.22. The maximum atomic E-state index is 12.5. The summed E-state index contributed by atoms with van der Waals surface area (Å²) in [7, 11) is -1.39. The minimum atomic E-state index is -3.16. The van der Waals surface area contributed by atoms with Crippen LogP contribution >= 0.6 is 0 Å². The molecule has 1 aliphatic carbocycles. The molecule has 0 unspecified atom stereocenters. The number of nitrogens with zero attached hydrogens (tertiary/aromatic N) is 3. The lowest BCUT2D eigenvalue weighted by molar-refractivity contribution is 0.0603. The summed E-state index contributed by atoms with van der Waals surface area (Å²) >= 11 is 0. The van der Waals surface area contributed by atoms with Gasteiger partial charge in [-0.1, -0.05) is 12.8 Å². The molecule has 0 radical (unpaired) electrons. The summed E-state index contributed by atoms with van der Waals surface area (Å²) in [6.45, 7) is 1.11. The number of nitrogens with one attached hydrogen (secondary N) is 1. The van der Waals surface area contributed by atoms with E-state index in [-0.39, 0.29) is 24.1 Å². The van der Waals surface area contributed by atoms with Crippen molar-refractivity contribution in [3.63, 3.8) is 0 Å². The molecule has 0 bridgehead atoms. The molecule has 140 valence electrons. The van der Waals surface area contributed by atoms with Crippen LogP contribution in [0.5, 0.6) is 0 Å². The summed E-state index contributed by atoms with van der Waals surface area (Å²) in [6.07, 6.45) is 8.32. The normalized spacial score (nSPS) is 23.7. The first-order valence-corrected chi connectivity index (χ1v) is 10.6. The molecule has 9 heteroatoms. The lowest BCUT2D eigenvalue weighted by atomic mass is 10.1. The van der Waals surface area contributed by atoms with Crippen molar-refractivity contribution in [2.45, 2.75) is 37.8 Å². The van der Waals surface area contributed by atoms with E-state index in [0.717, 1.165) is 18.4 Å². The molecule has 3 rings (SSSR count). The summed E-state index contributed by atoms with van der Waals surface area (Å²) in [6, 6.07) is -0.748. The first-order valence-electron chi connectivity index (χ1n) is 8.80. The fraction of sp³-hybridized carbons (Fsp3) is 0.750. The van der Waals surface area contributed by atoms with Gasteiger partial charge in [-0.2, -0.15) is 5.10 Å². The molecule has 25 heavy (non-hydrogen) atoms. The molecule has 1 saturated carbocycles. The molecule has 2 amide bonds. The van der Waals surface area contributed by atoms with Gasteiger partial charge in [0.25, 0.3) is 0 Å². The lowest BCUT2D eigenvalue weighted by Gasteiger charge is -2.35. The van der Waals surface area contributed by atoms with E-state index < -0.39 is 15.9 Å². The quantitative estimate of drug-likeness (QED) is 0.776. The first-order chi connectivity index (χ1) is 11.9. The van der Waals surface area contributed by atoms with Crippen LogP contribution in [0.1, 0.15) is 37.3 Å². The van der Waals surface area contributed by atoms with Gasteiger partial charge in [0.15, 0.2) is 9.84 Å². The van der Waals surface area contributed by atoms with E-state index in [1.807, 2.05) is 0 Å². The van der Waals surface area contributed by atoms with Crippen molar-refractivity contribution in [3.05, 3.63) is 18.0 Å². The van der Waals surface area contributed by atoms with Gasteiger partial charge in [-0.3, -0.25) is 4.68 Å². The van der Waals surface area contributed by atoms with Crippen molar-refractivity contribution in [2.24, 2.45) is 7.05 Å². The van der Waals surface area contributed by atoms with Gasteiger partial charge in [0, 0.05) is 31.9 Å². The number of ether oxygens (including phenoxy) is 1. The Labute approximate surface area is 148 Å². The van der Waals surface area contributed by atoms with Crippen molar-refractivity contribution in [1.29, 1.82) is 0 Å². The smallest absolute Gasteiger partial charge is 0.318 e. The Bertz CT molecular complexity index is 697. The number of sulfone groups is 1. The number of hydrogen-bond donors (Lipinski definition) is 1. The van der Waals surface area contributed by atoms with Gasteiger partial charge in [0.2, 0.25) is 0 Å². The highest BCUT2D eigenvalue weighted by Crippen LogP contribution is 2.26. The van der Waals surface area contributed by atoms with Crippen LogP contribution in [0.25, 0.3) is 0 Å². The molecule has 8 nitrogen and oxygen atoms in total. The van der Waals surface area contributed by atoms with Crippen molar-refractivity contribution in [1.82, 2.24) is 20.0 Å². The zero-order valence-corrected chi connectivity index (χ0v) is 15.4. The number of amides is 2. The highest BCUT2D eigenvalue weighted by Gasteiger charge is 2.35. The molecule has 0 aromatic carbocycles. The van der Waals surface area contributed by atoms with Gasteiger partial charge in [-0.15, -0.1) is 0 Å². The van der Waals surface area contributed by atoms with Gasteiger partial charge in [0.1, 0.15) is 0 Å². The molecule has 0 spiro atoms. The predicted molar refractivity (Wildman–Crippen MR) is 92.9 cm³/mol. The van der Waals surface area contributed by atoms with Crippen molar-refractivity contribution >= 4 is 15.9 Å². The zero-order valence-electron chi connectivity index (χ0n) is 14.6. The molecule has 2 heterocycles. The molecule has 1 atom stereocenters. The number of carbonyl (C=O) groups is 1. The summed E-state index contributed by atoms with van der Waals surface area (Å²) in [5.74, 6) is -0.0690. The van der Waals surface area contributed by atoms with Gasteiger partial charge >= 0.3 is 6.03 Å². The van der Waals surface area contributed by atoms with E-state index in [2.05, 4.69) is 10.4 Å². The van der Waals surface area contributed by atoms with E-state index >= 15 is 0 Å². The van der Waals surface area contributed by atoms with Crippen LogP contribution in [0.3, 0.4) is 0 Å². The fourth-order valence-corrected chi connectivity index (χ4v) is 4.97. The fourth-order valence-electron chi connectivity index (χ4n) is 3.48. The van der Waals surface area contributed by atoms with Crippen molar-refractivity contribution in [2.75, 3.05) is 31.2 Å². The Balaban J connectivity index is 1.56. The largest absolute Gasteiger partial charge is 0.376 e. The maximum Gasteiger partial charge on any atom is 0.318 e. The van der Waals surface area contributed by atoms with E-state index in [4.69, 9.17) is 4.74 Å². The summed E-state index contributed by atoms with van der Waals surface area (Å²) in [5, 5.41) is 6.95. The molecule has 1 N–H and O–H groups in total. The Morgan fingerprint density at radius 1 is 1.40 bits per heavy atom. The lowest BCUT2D eigenvalue weighted by Crippen LogP contribution is -2.50. The van der Waals surface area contributed by atoms with Gasteiger partial charge in [-0.25, -0.2) is 13.2 Å². The Hall–Kier alpha value is -1.61. The third kappa shape index (κ3) is 4.72. The van der Waals surface area contributed by atoms with Crippen molar-refractivity contribution in [3.8, 4) is 0 Å². The second-order valence-electron chi connectivity index (χ2n) is 6.78. The molecule has 1 saturated heterocycles. The number of hydrogen-bond acceptors (Lipinski definition) is 5. The summed E-state index contributed by atoms with van der Waals surface area (Å²) < 4.78 is 31.4. The average molecular weight is 370 g/mol. The van der Waals surface area contributed by atoms with Crippen LogP contribution in [0, 0.1) is 0 Å². The third-order valence-electron chi connectivity index (χ3n) is 4.84. The van der Waals surface area contributed by atoms with E-state index in [1.54, 1.807) is 29.0 Å². The summed E-state index contributed by atoms with van der Waals surface area (Å²) in [4.78, 5) is 14.1. The van der Waals surface area contributed by atoms with Crippen LogP contribution in [0.15, 0.2) is 12.4 Å². The second-order valence-corrected chi connectivity index (χ2v) is 9.01.